The summed E-state index contributed by atoms with van der Waals surface area (Å²) in [5, 5.41) is 0.487. The second-order valence-corrected chi connectivity index (χ2v) is 4.07. The van der Waals surface area contributed by atoms with E-state index in [4.69, 9.17) is 5.73 Å². The molecule has 0 spiro atoms. The van der Waals surface area contributed by atoms with Gasteiger partial charge in [0.05, 0.1) is 21.8 Å². The van der Waals surface area contributed by atoms with Crippen molar-refractivity contribution in [2.75, 3.05) is 12.0 Å². The first-order valence-corrected chi connectivity index (χ1v) is 5.31. The molecule has 0 saturated heterocycles. The van der Waals surface area contributed by atoms with Gasteiger partial charge >= 0.3 is 0 Å². The van der Waals surface area contributed by atoms with Crippen LogP contribution in [-0.4, -0.2) is 20.4 Å². The van der Waals surface area contributed by atoms with E-state index in [0.29, 0.717) is 10.8 Å². The van der Waals surface area contributed by atoms with Crippen molar-refractivity contribution in [3.63, 3.8) is 0 Å². The van der Waals surface area contributed by atoms with E-state index in [1.54, 1.807) is 24.5 Å². The van der Waals surface area contributed by atoms with E-state index >= 15 is 0 Å². The Bertz CT molecular complexity index is 477. The van der Waals surface area contributed by atoms with Gasteiger partial charge in [-0.15, -0.1) is 0 Å². The number of fused-ring (bicyclic) bond motifs is 1. The molecule has 1 aromatic carbocycles. The Morgan fingerprint density at radius 3 is 3.00 bits per heavy atom. The number of nitrogens with zero attached hydrogens (tertiary/aromatic N) is 1. The van der Waals surface area contributed by atoms with Crippen LogP contribution in [0.1, 0.15) is 0 Å². The molecule has 0 saturated carbocycles. The van der Waals surface area contributed by atoms with E-state index in [0.717, 1.165) is 11.0 Å². The number of aromatic amines is 1. The van der Waals surface area contributed by atoms with Gasteiger partial charge in [0.2, 0.25) is 0 Å². The maximum Gasteiger partial charge on any atom is 0.197 e. The first kappa shape index (κ1) is 8.25. The fourth-order valence-corrected chi connectivity index (χ4v) is 1.62. The molecule has 1 heterocycles. The van der Waals surface area contributed by atoms with Crippen LogP contribution in [0.2, 0.25) is 0 Å². The average molecular weight is 195 g/mol. The number of anilines is 1. The molecule has 0 aliphatic carbocycles. The van der Waals surface area contributed by atoms with Crippen LogP contribution >= 0.6 is 0 Å². The average Bonchev–Trinajstić information content (AvgIpc) is 2.46. The number of rotatable bonds is 1. The summed E-state index contributed by atoms with van der Waals surface area (Å²) in [5.74, 6) is 0. The van der Waals surface area contributed by atoms with Gasteiger partial charge < -0.3 is 10.7 Å². The molecular weight excluding hydrogens is 186 g/mol. The van der Waals surface area contributed by atoms with Gasteiger partial charge in [-0.3, -0.25) is 4.21 Å². The number of benzene rings is 1. The second-order valence-electron chi connectivity index (χ2n) is 2.77. The van der Waals surface area contributed by atoms with Gasteiger partial charge in [-0.2, -0.15) is 0 Å². The molecule has 2 rings (SSSR count). The lowest BCUT2D eigenvalue weighted by Crippen LogP contribution is -1.88. The predicted molar refractivity (Wildman–Crippen MR) is 52.8 cm³/mol. The molecule has 0 bridgehead atoms. The normalized spacial score (nSPS) is 13.3. The SMILES string of the molecule is CS(=O)c1nc2ccc(N)cc2[nH]1. The predicted octanol–water partition coefficient (Wildman–Crippen LogP) is 0.883. The Morgan fingerprint density at radius 2 is 2.31 bits per heavy atom. The van der Waals surface area contributed by atoms with Crippen molar-refractivity contribution in [3.8, 4) is 0 Å². The van der Waals surface area contributed by atoms with E-state index in [1.807, 2.05) is 0 Å². The first-order valence-electron chi connectivity index (χ1n) is 3.75. The van der Waals surface area contributed by atoms with Crippen LogP contribution < -0.4 is 5.73 Å². The highest BCUT2D eigenvalue weighted by molar-refractivity contribution is 7.84. The molecule has 68 valence electrons. The van der Waals surface area contributed by atoms with E-state index in [9.17, 15) is 4.21 Å². The summed E-state index contributed by atoms with van der Waals surface area (Å²) >= 11 is 0. The number of hydrogen-bond donors (Lipinski definition) is 2. The number of nitrogens with one attached hydrogen (secondary N) is 1. The zero-order valence-corrected chi connectivity index (χ0v) is 7.89. The molecule has 0 radical (unpaired) electrons. The number of imidazole rings is 1. The Kier molecular flexibility index (Phi) is 1.81. The van der Waals surface area contributed by atoms with Gasteiger partial charge in [0.15, 0.2) is 5.16 Å². The number of nitrogens with two attached hydrogens (primary N) is 1. The molecule has 0 aliphatic rings. The quantitative estimate of drug-likeness (QED) is 0.663. The standard InChI is InChI=1S/C8H9N3OS/c1-13(12)8-10-6-3-2-5(9)4-7(6)11-8/h2-4H,9H2,1H3,(H,10,11). The van der Waals surface area contributed by atoms with E-state index < -0.39 is 10.8 Å². The van der Waals surface area contributed by atoms with Crippen LogP contribution in [0.15, 0.2) is 23.4 Å². The van der Waals surface area contributed by atoms with Gasteiger partial charge in [0, 0.05) is 11.9 Å². The molecular formula is C8H9N3OS. The van der Waals surface area contributed by atoms with Crippen LogP contribution in [0.4, 0.5) is 5.69 Å². The fraction of sp³-hybridized carbons (Fsp3) is 0.125. The van der Waals surface area contributed by atoms with Crippen molar-refractivity contribution in [1.82, 2.24) is 9.97 Å². The Hall–Kier alpha value is -1.36. The minimum atomic E-state index is -1.08. The highest BCUT2D eigenvalue weighted by Gasteiger charge is 2.04. The molecule has 1 aromatic heterocycles. The third kappa shape index (κ3) is 1.42. The van der Waals surface area contributed by atoms with Crippen molar-refractivity contribution in [3.05, 3.63) is 18.2 Å². The van der Waals surface area contributed by atoms with Gasteiger partial charge in [-0.05, 0) is 18.2 Å². The molecule has 3 N–H and O–H groups in total. The van der Waals surface area contributed by atoms with Crippen molar-refractivity contribution < 1.29 is 4.21 Å². The molecule has 0 aliphatic heterocycles. The lowest BCUT2D eigenvalue weighted by atomic mass is 10.3. The van der Waals surface area contributed by atoms with E-state index in [-0.39, 0.29) is 0 Å². The van der Waals surface area contributed by atoms with Gasteiger partial charge in [0.1, 0.15) is 0 Å². The third-order valence-corrected chi connectivity index (χ3v) is 2.49. The molecule has 4 nitrogen and oxygen atoms in total. The maximum absolute atomic E-state index is 11.1. The molecule has 0 fully saturated rings. The largest absolute Gasteiger partial charge is 0.399 e. The highest BCUT2D eigenvalue weighted by atomic mass is 32.2. The van der Waals surface area contributed by atoms with E-state index in [2.05, 4.69) is 9.97 Å². The van der Waals surface area contributed by atoms with Crippen LogP contribution in [-0.2, 0) is 10.8 Å². The smallest absolute Gasteiger partial charge is 0.197 e. The molecule has 2 aromatic rings. The number of H-pyrrole nitrogens is 1. The Balaban J connectivity index is 2.68. The van der Waals surface area contributed by atoms with Crippen molar-refractivity contribution in [2.45, 2.75) is 5.16 Å². The first-order chi connectivity index (χ1) is 6.16. The summed E-state index contributed by atoms with van der Waals surface area (Å²) in [4.78, 5) is 7.09. The van der Waals surface area contributed by atoms with Gasteiger partial charge in [-0.1, -0.05) is 0 Å². The van der Waals surface area contributed by atoms with Gasteiger partial charge in [-0.25, -0.2) is 4.98 Å². The van der Waals surface area contributed by atoms with Gasteiger partial charge in [0.25, 0.3) is 0 Å². The lowest BCUT2D eigenvalue weighted by molar-refractivity contribution is 0.682. The Morgan fingerprint density at radius 1 is 1.54 bits per heavy atom. The zero-order chi connectivity index (χ0) is 9.42. The lowest BCUT2D eigenvalue weighted by Gasteiger charge is -1.89. The van der Waals surface area contributed by atoms with Crippen LogP contribution in [0.3, 0.4) is 0 Å². The molecule has 5 heteroatoms. The number of aromatic nitrogens is 2. The molecule has 0 amide bonds. The third-order valence-electron chi connectivity index (χ3n) is 1.76. The maximum atomic E-state index is 11.1. The fourth-order valence-electron chi connectivity index (χ4n) is 1.14. The Labute approximate surface area is 77.6 Å². The van der Waals surface area contributed by atoms with E-state index in [1.165, 1.54) is 0 Å². The number of nitrogen functional groups attached to an aromatic ring is 1. The van der Waals surface area contributed by atoms with Crippen molar-refractivity contribution in [1.29, 1.82) is 0 Å². The van der Waals surface area contributed by atoms with Crippen LogP contribution in [0.5, 0.6) is 0 Å². The summed E-state index contributed by atoms with van der Waals surface area (Å²) in [5.41, 5.74) is 7.87. The minimum Gasteiger partial charge on any atom is -0.399 e. The summed E-state index contributed by atoms with van der Waals surface area (Å²) in [6.45, 7) is 0. The van der Waals surface area contributed by atoms with Crippen molar-refractivity contribution >= 4 is 27.5 Å². The molecule has 13 heavy (non-hydrogen) atoms. The second kappa shape index (κ2) is 2.85. The molecule has 1 atom stereocenters. The summed E-state index contributed by atoms with van der Waals surface area (Å²) in [6, 6.07) is 5.35. The summed E-state index contributed by atoms with van der Waals surface area (Å²) in [7, 11) is -1.08. The van der Waals surface area contributed by atoms with Crippen LogP contribution in [0.25, 0.3) is 11.0 Å². The zero-order valence-electron chi connectivity index (χ0n) is 7.07. The summed E-state index contributed by atoms with van der Waals surface area (Å²) < 4.78 is 11.1. The monoisotopic (exact) mass is 195 g/mol. The minimum absolute atomic E-state index is 0.487. The topological polar surface area (TPSA) is 71.8 Å². The number of hydrogen-bond acceptors (Lipinski definition) is 3. The van der Waals surface area contributed by atoms with Crippen molar-refractivity contribution in [2.24, 2.45) is 0 Å². The molecule has 1 unspecified atom stereocenters. The summed E-state index contributed by atoms with van der Waals surface area (Å²) in [6.07, 6.45) is 1.58. The van der Waals surface area contributed by atoms with Crippen LogP contribution in [0, 0.1) is 0 Å². The highest BCUT2D eigenvalue weighted by Crippen LogP contribution is 2.15.